The molecule has 8 heteroatoms. The number of benzene rings is 1. The lowest BCUT2D eigenvalue weighted by molar-refractivity contribution is -0.137. The van der Waals surface area contributed by atoms with Crippen LogP contribution in [-0.4, -0.2) is 53.8 Å². The zero-order valence-corrected chi connectivity index (χ0v) is 16.0. The van der Waals surface area contributed by atoms with Gasteiger partial charge in [-0.05, 0) is 19.1 Å². The summed E-state index contributed by atoms with van der Waals surface area (Å²) in [6, 6.07) is 4.82. The molecule has 0 spiro atoms. The molecular formula is C16H22Cl3N3O2. The largest absolute Gasteiger partial charge is 0.339 e. The molecule has 1 aliphatic heterocycles. The van der Waals surface area contributed by atoms with Crippen LogP contribution in [0.4, 0.5) is 0 Å². The molecular weight excluding hydrogens is 373 g/mol. The Bertz CT molecular complexity index is 602. The Labute approximate surface area is 158 Å². The Morgan fingerprint density at radius 1 is 1.08 bits per heavy atom. The molecule has 0 aromatic heterocycles. The first-order valence-corrected chi connectivity index (χ1v) is 8.36. The first kappa shape index (κ1) is 21.0. The third kappa shape index (κ3) is 4.54. The smallest absolute Gasteiger partial charge is 0.255 e. The topological polar surface area (TPSA) is 66.6 Å². The quantitative estimate of drug-likeness (QED) is 0.857. The summed E-state index contributed by atoms with van der Waals surface area (Å²) in [5.41, 5.74) is 6.18. The first-order chi connectivity index (χ1) is 10.8. The highest BCUT2D eigenvalue weighted by Crippen LogP contribution is 2.26. The summed E-state index contributed by atoms with van der Waals surface area (Å²) in [5.74, 6) is -0.350. The number of amides is 2. The van der Waals surface area contributed by atoms with Crippen LogP contribution in [0.5, 0.6) is 0 Å². The second kappa shape index (κ2) is 8.90. The van der Waals surface area contributed by atoms with Crippen molar-refractivity contribution in [3.8, 4) is 0 Å². The maximum Gasteiger partial charge on any atom is 0.255 e. The Morgan fingerprint density at radius 3 is 2.17 bits per heavy atom. The molecule has 2 amide bonds. The van der Waals surface area contributed by atoms with Crippen LogP contribution in [0.1, 0.15) is 24.2 Å². The molecule has 24 heavy (non-hydrogen) atoms. The predicted octanol–water partition coefficient (Wildman–Crippen LogP) is 2.68. The maximum atomic E-state index is 12.6. The van der Waals surface area contributed by atoms with E-state index in [0.717, 1.165) is 0 Å². The molecule has 134 valence electrons. The van der Waals surface area contributed by atoms with E-state index in [-0.39, 0.29) is 41.2 Å². The molecule has 0 aliphatic carbocycles. The van der Waals surface area contributed by atoms with Crippen molar-refractivity contribution in [2.75, 3.05) is 26.2 Å². The third-order valence-electron chi connectivity index (χ3n) is 4.24. The number of rotatable bonds is 3. The van der Waals surface area contributed by atoms with Crippen molar-refractivity contribution >= 4 is 47.4 Å². The van der Waals surface area contributed by atoms with Gasteiger partial charge in [-0.15, -0.1) is 12.4 Å². The molecule has 1 aliphatic rings. The van der Waals surface area contributed by atoms with E-state index in [1.807, 2.05) is 13.8 Å². The van der Waals surface area contributed by atoms with E-state index in [1.165, 1.54) is 0 Å². The Kier molecular flexibility index (Phi) is 7.80. The fourth-order valence-electron chi connectivity index (χ4n) is 2.48. The summed E-state index contributed by atoms with van der Waals surface area (Å²) in [4.78, 5) is 28.3. The van der Waals surface area contributed by atoms with E-state index in [0.29, 0.717) is 36.8 Å². The van der Waals surface area contributed by atoms with Crippen molar-refractivity contribution < 1.29 is 9.59 Å². The number of nitrogens with two attached hydrogens (primary N) is 1. The van der Waals surface area contributed by atoms with E-state index in [9.17, 15) is 9.59 Å². The van der Waals surface area contributed by atoms with Gasteiger partial charge in [-0.3, -0.25) is 9.59 Å². The highest BCUT2D eigenvalue weighted by molar-refractivity contribution is 6.43. The standard InChI is InChI=1S/C16H21Cl2N3O2.ClH/c1-10(11(2)19)15(22)20-6-8-21(9-7-20)16(23)12-4-3-5-13(17)14(12)18;/h3-5,10-11H,6-9,19H2,1-2H3;1H. The Morgan fingerprint density at radius 2 is 1.62 bits per heavy atom. The number of nitrogens with zero attached hydrogens (tertiary/aromatic N) is 2. The van der Waals surface area contributed by atoms with E-state index in [1.54, 1.807) is 28.0 Å². The summed E-state index contributed by atoms with van der Waals surface area (Å²) in [7, 11) is 0. The van der Waals surface area contributed by atoms with Crippen molar-refractivity contribution in [1.82, 2.24) is 9.80 Å². The molecule has 1 fully saturated rings. The fraction of sp³-hybridized carbons (Fsp3) is 0.500. The fourth-order valence-corrected chi connectivity index (χ4v) is 2.86. The van der Waals surface area contributed by atoms with E-state index in [4.69, 9.17) is 28.9 Å². The van der Waals surface area contributed by atoms with Crippen LogP contribution < -0.4 is 5.73 Å². The number of carbonyl (C=O) groups excluding carboxylic acids is 2. The number of piperazine rings is 1. The SMILES string of the molecule is CC(N)C(C)C(=O)N1CCN(C(=O)c2cccc(Cl)c2Cl)CC1.Cl. The average molecular weight is 395 g/mol. The summed E-state index contributed by atoms with van der Waals surface area (Å²) in [6.45, 7) is 5.59. The van der Waals surface area contributed by atoms with Gasteiger partial charge in [-0.25, -0.2) is 0 Å². The molecule has 2 rings (SSSR count). The minimum absolute atomic E-state index is 0. The highest BCUT2D eigenvalue weighted by Gasteiger charge is 2.29. The molecule has 1 heterocycles. The Hall–Kier alpha value is -1.01. The first-order valence-electron chi connectivity index (χ1n) is 7.60. The lowest BCUT2D eigenvalue weighted by Crippen LogP contribution is -2.53. The maximum absolute atomic E-state index is 12.6. The van der Waals surface area contributed by atoms with E-state index < -0.39 is 0 Å². The molecule has 0 saturated carbocycles. The number of hydrogen-bond donors (Lipinski definition) is 1. The van der Waals surface area contributed by atoms with Gasteiger partial charge in [0.05, 0.1) is 21.5 Å². The van der Waals surface area contributed by atoms with E-state index in [2.05, 4.69) is 0 Å². The van der Waals surface area contributed by atoms with Crippen molar-refractivity contribution in [2.45, 2.75) is 19.9 Å². The van der Waals surface area contributed by atoms with Crippen LogP contribution in [0.3, 0.4) is 0 Å². The molecule has 2 N–H and O–H groups in total. The second-order valence-electron chi connectivity index (χ2n) is 5.87. The predicted molar refractivity (Wildman–Crippen MR) is 99.0 cm³/mol. The summed E-state index contributed by atoms with van der Waals surface area (Å²) in [6.07, 6.45) is 0. The minimum atomic E-state index is -0.223. The molecule has 5 nitrogen and oxygen atoms in total. The van der Waals surface area contributed by atoms with Gasteiger partial charge in [0, 0.05) is 32.2 Å². The van der Waals surface area contributed by atoms with Gasteiger partial charge >= 0.3 is 0 Å². The highest BCUT2D eigenvalue weighted by atomic mass is 35.5. The van der Waals surface area contributed by atoms with Gasteiger partial charge in [0.1, 0.15) is 0 Å². The van der Waals surface area contributed by atoms with Crippen LogP contribution in [0.2, 0.25) is 10.0 Å². The van der Waals surface area contributed by atoms with Gasteiger partial charge in [0.2, 0.25) is 5.91 Å². The number of carbonyl (C=O) groups is 2. The van der Waals surface area contributed by atoms with Gasteiger partial charge < -0.3 is 15.5 Å². The molecule has 1 saturated heterocycles. The van der Waals surface area contributed by atoms with Crippen molar-refractivity contribution in [1.29, 1.82) is 0 Å². The van der Waals surface area contributed by atoms with Crippen LogP contribution >= 0.6 is 35.6 Å². The zero-order valence-electron chi connectivity index (χ0n) is 13.7. The lowest BCUT2D eigenvalue weighted by Gasteiger charge is -2.36. The van der Waals surface area contributed by atoms with Crippen LogP contribution in [0.15, 0.2) is 18.2 Å². The van der Waals surface area contributed by atoms with Gasteiger partial charge in [-0.2, -0.15) is 0 Å². The normalized spacial score (nSPS) is 17.0. The molecule has 1 aromatic carbocycles. The van der Waals surface area contributed by atoms with Gasteiger partial charge in [0.25, 0.3) is 5.91 Å². The second-order valence-corrected chi connectivity index (χ2v) is 6.65. The summed E-state index contributed by atoms with van der Waals surface area (Å²) < 4.78 is 0. The molecule has 2 unspecified atom stereocenters. The average Bonchev–Trinajstić information content (AvgIpc) is 2.55. The lowest BCUT2D eigenvalue weighted by atomic mass is 10.0. The molecule has 1 aromatic rings. The van der Waals surface area contributed by atoms with Crippen molar-refractivity contribution in [3.63, 3.8) is 0 Å². The Balaban J connectivity index is 0.00000288. The van der Waals surface area contributed by atoms with Gasteiger partial charge in [0.15, 0.2) is 0 Å². The third-order valence-corrected chi connectivity index (χ3v) is 5.06. The monoisotopic (exact) mass is 393 g/mol. The zero-order chi connectivity index (χ0) is 17.1. The molecule has 0 bridgehead atoms. The molecule has 2 atom stereocenters. The van der Waals surface area contributed by atoms with Crippen molar-refractivity contribution in [3.05, 3.63) is 33.8 Å². The van der Waals surface area contributed by atoms with Gasteiger partial charge in [-0.1, -0.05) is 36.2 Å². The summed E-state index contributed by atoms with van der Waals surface area (Å²) >= 11 is 12.1. The van der Waals surface area contributed by atoms with Crippen LogP contribution in [0, 0.1) is 5.92 Å². The minimum Gasteiger partial charge on any atom is -0.339 e. The number of hydrogen-bond acceptors (Lipinski definition) is 3. The van der Waals surface area contributed by atoms with Crippen molar-refractivity contribution in [2.24, 2.45) is 11.7 Å². The number of halogens is 3. The molecule has 0 radical (unpaired) electrons. The van der Waals surface area contributed by atoms with Crippen LogP contribution in [0.25, 0.3) is 0 Å². The van der Waals surface area contributed by atoms with E-state index >= 15 is 0 Å². The van der Waals surface area contributed by atoms with Crippen LogP contribution in [-0.2, 0) is 4.79 Å². The summed E-state index contributed by atoms with van der Waals surface area (Å²) in [5, 5.41) is 0.625.